The number of hydrogen-bond donors (Lipinski definition) is 0. The third kappa shape index (κ3) is 4.28. The van der Waals surface area contributed by atoms with E-state index < -0.39 is 12.3 Å². The number of halogens is 3. The van der Waals surface area contributed by atoms with E-state index in [0.29, 0.717) is 13.1 Å². The fraction of sp³-hybridized carbons (Fsp3) is 0.429. The summed E-state index contributed by atoms with van der Waals surface area (Å²) >= 11 is 0. The Bertz CT molecular complexity index is 999. The van der Waals surface area contributed by atoms with Gasteiger partial charge in [-0.15, -0.1) is 0 Å². The molecule has 0 bridgehead atoms. The number of aromatic nitrogens is 3. The minimum atomic E-state index is -4.33. The highest BCUT2D eigenvalue weighted by molar-refractivity contribution is 5.94. The number of morpholine rings is 1. The van der Waals surface area contributed by atoms with Crippen LogP contribution in [-0.4, -0.2) is 51.6 Å². The number of rotatable bonds is 4. The lowest BCUT2D eigenvalue weighted by Crippen LogP contribution is -2.48. The van der Waals surface area contributed by atoms with Crippen molar-refractivity contribution in [3.05, 3.63) is 48.4 Å². The van der Waals surface area contributed by atoms with Crippen molar-refractivity contribution in [1.82, 2.24) is 19.7 Å². The van der Waals surface area contributed by atoms with Crippen LogP contribution in [0, 0.1) is 0 Å². The molecule has 8 heteroatoms. The van der Waals surface area contributed by atoms with Crippen LogP contribution < -0.4 is 0 Å². The highest BCUT2D eigenvalue weighted by Crippen LogP contribution is 2.30. The van der Waals surface area contributed by atoms with E-state index in [1.807, 2.05) is 41.3 Å². The van der Waals surface area contributed by atoms with Crippen molar-refractivity contribution in [2.24, 2.45) is 0 Å². The Kier molecular flexibility index (Phi) is 5.31. The highest BCUT2D eigenvalue weighted by Gasteiger charge is 2.43. The summed E-state index contributed by atoms with van der Waals surface area (Å²) in [6, 6.07) is 8.13. The molecule has 29 heavy (non-hydrogen) atoms. The van der Waals surface area contributed by atoms with Gasteiger partial charge in [0.2, 0.25) is 0 Å². The molecule has 1 atom stereocenters. The van der Waals surface area contributed by atoms with Crippen molar-refractivity contribution in [1.29, 1.82) is 0 Å². The minimum absolute atomic E-state index is 0.0833. The molecule has 0 N–H and O–H groups in total. The Morgan fingerprint density at radius 1 is 1.24 bits per heavy atom. The first-order chi connectivity index (χ1) is 13.8. The number of ether oxygens (including phenoxy) is 1. The lowest BCUT2D eigenvalue weighted by Gasteiger charge is -2.33. The van der Waals surface area contributed by atoms with Crippen molar-refractivity contribution < 1.29 is 17.9 Å². The molecule has 0 radical (unpaired) electrons. The van der Waals surface area contributed by atoms with Gasteiger partial charge in [-0.1, -0.05) is 12.1 Å². The van der Waals surface area contributed by atoms with Gasteiger partial charge in [0.25, 0.3) is 0 Å². The lowest BCUT2D eigenvalue weighted by molar-refractivity contribution is -0.237. The van der Waals surface area contributed by atoms with Gasteiger partial charge >= 0.3 is 6.18 Å². The lowest BCUT2D eigenvalue weighted by atomic mass is 10.0. The van der Waals surface area contributed by atoms with Gasteiger partial charge in [0.15, 0.2) is 6.10 Å². The Hall–Kier alpha value is -2.45. The summed E-state index contributed by atoms with van der Waals surface area (Å²) in [5.41, 5.74) is 3.80. The van der Waals surface area contributed by atoms with E-state index in [1.165, 1.54) is 0 Å². The first-order valence-corrected chi connectivity index (χ1v) is 9.64. The highest BCUT2D eigenvalue weighted by atomic mass is 19.4. The Labute approximate surface area is 167 Å². The molecule has 3 heterocycles. The van der Waals surface area contributed by atoms with Crippen LogP contribution in [0.1, 0.15) is 25.5 Å². The predicted molar refractivity (Wildman–Crippen MR) is 104 cm³/mol. The molecular weight excluding hydrogens is 381 g/mol. The number of benzene rings is 1. The second-order valence-electron chi connectivity index (χ2n) is 7.65. The van der Waals surface area contributed by atoms with Gasteiger partial charge in [-0.3, -0.25) is 14.6 Å². The molecule has 1 saturated heterocycles. The molecule has 1 aliphatic heterocycles. The molecule has 2 aromatic heterocycles. The average Bonchev–Trinajstić information content (AvgIpc) is 3.17. The molecule has 1 aliphatic rings. The van der Waals surface area contributed by atoms with Gasteiger partial charge in [-0.25, -0.2) is 0 Å². The van der Waals surface area contributed by atoms with Crippen molar-refractivity contribution in [2.75, 3.05) is 19.7 Å². The zero-order valence-corrected chi connectivity index (χ0v) is 16.4. The second kappa shape index (κ2) is 7.76. The summed E-state index contributed by atoms with van der Waals surface area (Å²) < 4.78 is 45.6. The molecule has 1 fully saturated rings. The maximum Gasteiger partial charge on any atom is 0.415 e. The van der Waals surface area contributed by atoms with Crippen LogP contribution in [-0.2, 0) is 11.3 Å². The summed E-state index contributed by atoms with van der Waals surface area (Å²) in [5.74, 6) is 0. The summed E-state index contributed by atoms with van der Waals surface area (Å²) in [5, 5.41) is 5.40. The smallest absolute Gasteiger partial charge is 0.366 e. The van der Waals surface area contributed by atoms with Gasteiger partial charge in [0.1, 0.15) is 0 Å². The number of nitrogens with zero attached hydrogens (tertiary/aromatic N) is 4. The van der Waals surface area contributed by atoms with Crippen molar-refractivity contribution >= 4 is 10.9 Å². The van der Waals surface area contributed by atoms with Crippen molar-refractivity contribution in [3.63, 3.8) is 0 Å². The fourth-order valence-electron chi connectivity index (χ4n) is 3.61. The maximum atomic E-state index is 13.0. The fourth-order valence-corrected chi connectivity index (χ4v) is 3.61. The van der Waals surface area contributed by atoms with Crippen LogP contribution in [0.3, 0.4) is 0 Å². The maximum absolute atomic E-state index is 13.0. The monoisotopic (exact) mass is 404 g/mol. The quantitative estimate of drug-likeness (QED) is 0.645. The van der Waals surface area contributed by atoms with Crippen LogP contribution in [0.25, 0.3) is 22.0 Å². The van der Waals surface area contributed by atoms with Crippen molar-refractivity contribution in [2.45, 2.75) is 38.7 Å². The number of pyridine rings is 1. The van der Waals surface area contributed by atoms with Gasteiger partial charge in [0, 0.05) is 49.0 Å². The van der Waals surface area contributed by atoms with Crippen LogP contribution in [0.2, 0.25) is 0 Å². The van der Waals surface area contributed by atoms with Crippen LogP contribution in [0.5, 0.6) is 0 Å². The van der Waals surface area contributed by atoms with E-state index in [-0.39, 0.29) is 19.2 Å². The number of fused-ring (bicyclic) bond motifs is 1. The third-order valence-electron chi connectivity index (χ3n) is 5.17. The van der Waals surface area contributed by atoms with Crippen molar-refractivity contribution in [3.8, 4) is 11.1 Å². The summed E-state index contributed by atoms with van der Waals surface area (Å²) in [6.07, 6.45) is -0.452. The summed E-state index contributed by atoms with van der Waals surface area (Å²) in [6.45, 7) is 4.99. The Morgan fingerprint density at radius 3 is 2.79 bits per heavy atom. The largest absolute Gasteiger partial charge is 0.415 e. The first-order valence-electron chi connectivity index (χ1n) is 9.64. The second-order valence-corrected chi connectivity index (χ2v) is 7.65. The molecule has 154 valence electrons. The molecule has 0 amide bonds. The molecule has 3 aromatic rings. The SMILES string of the molecule is CC(C)n1cc(-c2ccnc3cc(CN4CCOC(C(F)(F)F)C4)ccc23)cn1. The van der Waals surface area contributed by atoms with Gasteiger partial charge < -0.3 is 4.74 Å². The third-order valence-corrected chi connectivity index (χ3v) is 5.17. The minimum Gasteiger partial charge on any atom is -0.366 e. The zero-order valence-electron chi connectivity index (χ0n) is 16.4. The van der Waals surface area contributed by atoms with Crippen LogP contribution in [0.15, 0.2) is 42.9 Å². The normalized spacial score (nSPS) is 18.6. The first kappa shape index (κ1) is 19.8. The summed E-state index contributed by atoms with van der Waals surface area (Å²) in [7, 11) is 0. The van der Waals surface area contributed by atoms with E-state index in [2.05, 4.69) is 23.9 Å². The molecule has 5 nitrogen and oxygen atoms in total. The molecule has 1 unspecified atom stereocenters. The molecule has 0 spiro atoms. The zero-order chi connectivity index (χ0) is 20.6. The van der Waals surface area contributed by atoms with Crippen LogP contribution in [0.4, 0.5) is 13.2 Å². The summed E-state index contributed by atoms with van der Waals surface area (Å²) in [4.78, 5) is 6.24. The standard InChI is InChI=1S/C21H23F3N4O/c1-14(2)28-12-16(10-26-28)17-5-6-25-19-9-15(3-4-18(17)19)11-27-7-8-29-20(13-27)21(22,23)24/h3-6,9-10,12,14,20H,7-8,11,13H2,1-2H3. The van der Waals surface area contributed by atoms with Gasteiger partial charge in [-0.2, -0.15) is 18.3 Å². The molecule has 0 saturated carbocycles. The van der Waals surface area contributed by atoms with Gasteiger partial charge in [0.05, 0.1) is 18.3 Å². The van der Waals surface area contributed by atoms with Crippen LogP contribution >= 0.6 is 0 Å². The van der Waals surface area contributed by atoms with E-state index in [1.54, 1.807) is 11.1 Å². The Morgan fingerprint density at radius 2 is 2.07 bits per heavy atom. The van der Waals surface area contributed by atoms with E-state index >= 15 is 0 Å². The molecule has 0 aliphatic carbocycles. The average molecular weight is 404 g/mol. The van der Waals surface area contributed by atoms with E-state index in [0.717, 1.165) is 27.6 Å². The Balaban J connectivity index is 1.57. The molecule has 1 aromatic carbocycles. The topological polar surface area (TPSA) is 43.2 Å². The number of alkyl halides is 3. The van der Waals surface area contributed by atoms with E-state index in [4.69, 9.17) is 4.74 Å². The molecular formula is C21H23F3N4O. The number of hydrogen-bond acceptors (Lipinski definition) is 4. The van der Waals surface area contributed by atoms with Gasteiger partial charge in [-0.05, 0) is 37.1 Å². The predicted octanol–water partition coefficient (Wildman–Crippen LogP) is 4.44. The van der Waals surface area contributed by atoms with E-state index in [9.17, 15) is 13.2 Å². The molecule has 4 rings (SSSR count).